The number of carbonyl (C=O) groups excluding carboxylic acids is 2. The number of sulfonamides is 1. The Kier molecular flexibility index (Phi) is 7.13. The predicted octanol–water partition coefficient (Wildman–Crippen LogP) is 1.96. The van der Waals surface area contributed by atoms with Gasteiger partial charge in [-0.05, 0) is 42.0 Å². The van der Waals surface area contributed by atoms with E-state index in [4.69, 9.17) is 4.74 Å². The van der Waals surface area contributed by atoms with Crippen LogP contribution >= 0.6 is 0 Å². The molecule has 0 radical (unpaired) electrons. The molecule has 0 bridgehead atoms. The largest absolute Gasteiger partial charge is 0.495 e. The van der Waals surface area contributed by atoms with Crippen LogP contribution in [0.25, 0.3) is 6.08 Å². The minimum atomic E-state index is -3.65. The summed E-state index contributed by atoms with van der Waals surface area (Å²) in [5.74, 6) is -0.324. The Hall–Kier alpha value is -3.17. The summed E-state index contributed by atoms with van der Waals surface area (Å²) in [7, 11) is 2.17. The highest BCUT2D eigenvalue weighted by molar-refractivity contribution is 7.89. The number of ether oxygens (including phenoxy) is 1. The molecule has 0 unspecified atom stereocenters. The number of rotatable bonds is 7. The highest BCUT2D eigenvalue weighted by Crippen LogP contribution is 2.28. The molecule has 0 atom stereocenters. The van der Waals surface area contributed by atoms with Crippen LogP contribution < -0.4 is 15.4 Å². The fourth-order valence-electron chi connectivity index (χ4n) is 2.39. The van der Waals surface area contributed by atoms with Crippen LogP contribution in [0, 0.1) is 0 Å². The van der Waals surface area contributed by atoms with Gasteiger partial charge in [0.05, 0.1) is 17.7 Å². The zero-order valence-corrected chi connectivity index (χ0v) is 17.4. The number of methoxy groups -OCH3 is 1. The van der Waals surface area contributed by atoms with Gasteiger partial charge in [-0.25, -0.2) is 12.7 Å². The Bertz CT molecular complexity index is 1030. The van der Waals surface area contributed by atoms with E-state index in [-0.39, 0.29) is 16.5 Å². The number of nitrogens with zero attached hydrogens (tertiary/aromatic N) is 1. The highest BCUT2D eigenvalue weighted by atomic mass is 32.2. The maximum Gasteiger partial charge on any atom is 0.251 e. The van der Waals surface area contributed by atoms with Crippen molar-refractivity contribution >= 4 is 33.6 Å². The molecule has 2 N–H and O–H groups in total. The highest BCUT2D eigenvalue weighted by Gasteiger charge is 2.19. The number of anilines is 1. The molecular weight excluding hydrogens is 394 g/mol. The second kappa shape index (κ2) is 9.35. The molecule has 8 nitrogen and oxygen atoms in total. The molecule has 154 valence electrons. The minimum Gasteiger partial charge on any atom is -0.495 e. The summed E-state index contributed by atoms with van der Waals surface area (Å²) in [5, 5.41) is 5.16. The van der Waals surface area contributed by atoms with Gasteiger partial charge in [-0.2, -0.15) is 0 Å². The van der Waals surface area contributed by atoms with E-state index in [9.17, 15) is 18.0 Å². The fraction of sp³-hybridized carbons (Fsp3) is 0.200. The summed E-state index contributed by atoms with van der Waals surface area (Å²) in [6.45, 7) is 0. The molecule has 9 heteroatoms. The first-order valence-corrected chi connectivity index (χ1v) is 10.0. The number of carbonyl (C=O) groups is 2. The first-order chi connectivity index (χ1) is 13.7. The monoisotopic (exact) mass is 417 g/mol. The van der Waals surface area contributed by atoms with Gasteiger partial charge >= 0.3 is 0 Å². The lowest BCUT2D eigenvalue weighted by Crippen LogP contribution is -2.22. The lowest BCUT2D eigenvalue weighted by Gasteiger charge is -2.14. The van der Waals surface area contributed by atoms with Crippen LogP contribution in [0.4, 0.5) is 5.69 Å². The van der Waals surface area contributed by atoms with Crippen molar-refractivity contribution in [2.75, 3.05) is 33.6 Å². The van der Waals surface area contributed by atoms with E-state index in [1.807, 2.05) is 0 Å². The molecule has 2 amide bonds. The topological polar surface area (TPSA) is 105 Å². The number of hydrogen-bond donors (Lipinski definition) is 2. The van der Waals surface area contributed by atoms with Crippen LogP contribution in [-0.2, 0) is 14.8 Å². The van der Waals surface area contributed by atoms with Crippen molar-refractivity contribution < 1.29 is 22.7 Å². The van der Waals surface area contributed by atoms with Gasteiger partial charge in [0.15, 0.2) is 0 Å². The smallest absolute Gasteiger partial charge is 0.251 e. The van der Waals surface area contributed by atoms with Crippen LogP contribution in [0.5, 0.6) is 5.75 Å². The van der Waals surface area contributed by atoms with Crippen LogP contribution in [0.3, 0.4) is 0 Å². The van der Waals surface area contributed by atoms with Crippen LogP contribution in [0.15, 0.2) is 53.4 Å². The van der Waals surface area contributed by atoms with Crippen molar-refractivity contribution in [2.45, 2.75) is 4.90 Å². The molecule has 0 aliphatic rings. The average molecular weight is 417 g/mol. The summed E-state index contributed by atoms with van der Waals surface area (Å²) >= 11 is 0. The van der Waals surface area contributed by atoms with Gasteiger partial charge in [0.2, 0.25) is 15.9 Å². The Morgan fingerprint density at radius 1 is 1.07 bits per heavy atom. The third-order valence-corrected chi connectivity index (χ3v) is 5.85. The third-order valence-electron chi connectivity index (χ3n) is 4.03. The zero-order chi connectivity index (χ0) is 21.6. The Labute approximate surface area is 170 Å². The molecule has 2 aromatic carbocycles. The van der Waals surface area contributed by atoms with Crippen LogP contribution in [0.1, 0.15) is 15.9 Å². The predicted molar refractivity (Wildman–Crippen MR) is 111 cm³/mol. The molecular formula is C20H23N3O5S. The van der Waals surface area contributed by atoms with Crippen molar-refractivity contribution in [3.8, 4) is 5.75 Å². The normalized spacial score (nSPS) is 11.5. The van der Waals surface area contributed by atoms with Gasteiger partial charge in [0.25, 0.3) is 5.91 Å². The zero-order valence-electron chi connectivity index (χ0n) is 16.6. The lowest BCUT2D eigenvalue weighted by molar-refractivity contribution is -0.111. The molecule has 0 heterocycles. The molecule has 0 saturated carbocycles. The molecule has 0 aromatic heterocycles. The SMILES string of the molecule is CNC(=O)c1ccc(/C=C/C(=O)Nc2cc(S(=O)(=O)N(C)C)ccc2OC)cc1. The summed E-state index contributed by atoms with van der Waals surface area (Å²) in [6.07, 6.45) is 2.89. The summed E-state index contributed by atoms with van der Waals surface area (Å²) in [5.41, 5.74) is 1.47. The van der Waals surface area contributed by atoms with Crippen molar-refractivity contribution in [3.63, 3.8) is 0 Å². The number of hydrogen-bond acceptors (Lipinski definition) is 5. The lowest BCUT2D eigenvalue weighted by atomic mass is 10.1. The first kappa shape index (κ1) is 22.1. The van der Waals surface area contributed by atoms with Gasteiger partial charge in [-0.1, -0.05) is 12.1 Å². The molecule has 0 fully saturated rings. The average Bonchev–Trinajstić information content (AvgIpc) is 2.71. The third kappa shape index (κ3) is 5.43. The molecule has 0 saturated heterocycles. The maximum absolute atomic E-state index is 12.3. The summed E-state index contributed by atoms with van der Waals surface area (Å²) < 4.78 is 30.9. The Morgan fingerprint density at radius 2 is 1.72 bits per heavy atom. The standard InChI is InChI=1S/C20H23N3O5S/c1-21-20(25)15-8-5-14(6-9-15)7-12-19(24)22-17-13-16(10-11-18(17)28-4)29(26,27)23(2)3/h5-13H,1-4H3,(H,21,25)(H,22,24)/b12-7+. The van der Waals surface area contributed by atoms with E-state index in [0.717, 1.165) is 9.87 Å². The van der Waals surface area contributed by atoms with E-state index in [2.05, 4.69) is 10.6 Å². The van der Waals surface area contributed by atoms with Crippen molar-refractivity contribution in [1.29, 1.82) is 0 Å². The number of benzene rings is 2. The van der Waals surface area contributed by atoms with E-state index in [0.29, 0.717) is 11.3 Å². The van der Waals surface area contributed by atoms with Gasteiger partial charge in [-0.15, -0.1) is 0 Å². The molecule has 0 spiro atoms. The van der Waals surface area contributed by atoms with Gasteiger partial charge < -0.3 is 15.4 Å². The molecule has 0 aliphatic heterocycles. The van der Waals surface area contributed by atoms with Crippen LogP contribution in [-0.4, -0.2) is 52.8 Å². The van der Waals surface area contributed by atoms with Crippen LogP contribution in [0.2, 0.25) is 0 Å². The Morgan fingerprint density at radius 3 is 2.28 bits per heavy atom. The van der Waals surface area contributed by atoms with Gasteiger partial charge in [0, 0.05) is 32.8 Å². The maximum atomic E-state index is 12.3. The first-order valence-electron chi connectivity index (χ1n) is 8.61. The van der Waals surface area contributed by atoms with Gasteiger partial charge in [0.1, 0.15) is 5.75 Å². The van der Waals surface area contributed by atoms with Crippen molar-refractivity contribution in [1.82, 2.24) is 9.62 Å². The molecule has 29 heavy (non-hydrogen) atoms. The van der Waals surface area contributed by atoms with Crippen molar-refractivity contribution in [2.24, 2.45) is 0 Å². The summed E-state index contributed by atoms with van der Waals surface area (Å²) in [6, 6.07) is 10.9. The molecule has 2 aromatic rings. The second-order valence-electron chi connectivity index (χ2n) is 6.17. The second-order valence-corrected chi connectivity index (χ2v) is 8.33. The fourth-order valence-corrected chi connectivity index (χ4v) is 3.32. The van der Waals surface area contributed by atoms with E-state index < -0.39 is 15.9 Å². The minimum absolute atomic E-state index is 0.0346. The quantitative estimate of drug-likeness (QED) is 0.670. The van der Waals surface area contributed by atoms with Gasteiger partial charge in [-0.3, -0.25) is 9.59 Å². The molecule has 0 aliphatic carbocycles. The van der Waals surface area contributed by atoms with E-state index >= 15 is 0 Å². The number of nitrogens with one attached hydrogen (secondary N) is 2. The Balaban J connectivity index is 2.19. The van der Waals surface area contributed by atoms with Crippen molar-refractivity contribution in [3.05, 3.63) is 59.7 Å². The number of amides is 2. The molecule has 2 rings (SSSR count). The van der Waals surface area contributed by atoms with E-state index in [1.165, 1.54) is 45.5 Å². The van der Waals surface area contributed by atoms with E-state index in [1.54, 1.807) is 37.4 Å². The summed E-state index contributed by atoms with van der Waals surface area (Å²) in [4.78, 5) is 23.9.